The average molecular weight is 453 g/mol. The number of likely N-dealkylation sites (tertiary alicyclic amines) is 1. The maximum absolute atomic E-state index is 13.0. The number of carbonyl (C=O) groups excluding carboxylic acids is 2. The van der Waals surface area contributed by atoms with E-state index in [2.05, 4.69) is 20.0 Å². The summed E-state index contributed by atoms with van der Waals surface area (Å²) in [7, 11) is 3.04. The summed E-state index contributed by atoms with van der Waals surface area (Å²) in [6, 6.07) is 6.85. The monoisotopic (exact) mass is 453 g/mol. The van der Waals surface area contributed by atoms with Gasteiger partial charge in [0, 0.05) is 31.6 Å². The highest BCUT2D eigenvalue weighted by molar-refractivity contribution is 6.04. The fourth-order valence-electron chi connectivity index (χ4n) is 3.88. The second-order valence-electron chi connectivity index (χ2n) is 7.72. The third kappa shape index (κ3) is 4.43. The molecule has 11 nitrogen and oxygen atoms in total. The minimum absolute atomic E-state index is 0.142. The topological polar surface area (TPSA) is 140 Å². The van der Waals surface area contributed by atoms with Crippen LogP contribution in [0, 0.1) is 0 Å². The number of ether oxygens (including phenoxy) is 1. The Morgan fingerprint density at radius 3 is 2.70 bits per heavy atom. The van der Waals surface area contributed by atoms with Crippen LogP contribution < -0.4 is 15.6 Å². The number of nitrogens with zero attached hydrogens (tertiary/aromatic N) is 4. The van der Waals surface area contributed by atoms with E-state index in [0.29, 0.717) is 43.1 Å². The van der Waals surface area contributed by atoms with E-state index >= 15 is 0 Å². The van der Waals surface area contributed by atoms with Crippen molar-refractivity contribution in [2.24, 2.45) is 7.05 Å². The van der Waals surface area contributed by atoms with Gasteiger partial charge in [-0.15, -0.1) is 0 Å². The molecule has 3 heterocycles. The van der Waals surface area contributed by atoms with Crippen molar-refractivity contribution in [2.75, 3.05) is 25.5 Å². The molecule has 1 aliphatic heterocycles. The zero-order chi connectivity index (χ0) is 23.5. The molecule has 0 bridgehead atoms. The number of aromatic hydroxyl groups is 1. The van der Waals surface area contributed by atoms with Crippen molar-refractivity contribution in [3.8, 4) is 11.5 Å². The van der Waals surface area contributed by atoms with E-state index in [1.54, 1.807) is 36.3 Å². The molecule has 0 aliphatic carbocycles. The number of anilines is 1. The maximum Gasteiger partial charge on any atom is 0.296 e. The minimum atomic E-state index is -0.767. The van der Waals surface area contributed by atoms with Crippen molar-refractivity contribution in [3.05, 3.63) is 64.2 Å². The van der Waals surface area contributed by atoms with Crippen LogP contribution in [0.5, 0.6) is 11.5 Å². The number of amides is 2. The molecule has 1 aliphatic rings. The summed E-state index contributed by atoms with van der Waals surface area (Å²) in [6.07, 6.45) is 3.86. The summed E-state index contributed by atoms with van der Waals surface area (Å²) in [5.41, 5.74) is -0.350. The first-order valence-electron chi connectivity index (χ1n) is 10.3. The smallest absolute Gasteiger partial charge is 0.296 e. The van der Waals surface area contributed by atoms with Crippen LogP contribution >= 0.6 is 0 Å². The summed E-state index contributed by atoms with van der Waals surface area (Å²) in [4.78, 5) is 44.3. The van der Waals surface area contributed by atoms with E-state index in [1.807, 2.05) is 0 Å². The molecular formula is C22H23N5O6. The fourth-order valence-corrected chi connectivity index (χ4v) is 3.88. The van der Waals surface area contributed by atoms with Gasteiger partial charge in [-0.05, 0) is 37.1 Å². The number of carbonyl (C=O) groups is 2. The van der Waals surface area contributed by atoms with E-state index in [9.17, 15) is 19.5 Å². The lowest BCUT2D eigenvalue weighted by Gasteiger charge is -2.33. The molecule has 1 aromatic carbocycles. The largest absolute Gasteiger partial charge is 0.501 e. The van der Waals surface area contributed by atoms with E-state index in [1.165, 1.54) is 24.1 Å². The number of aromatic nitrogens is 3. The van der Waals surface area contributed by atoms with Crippen LogP contribution in [0.25, 0.3) is 0 Å². The highest BCUT2D eigenvalue weighted by atomic mass is 16.5. The molecule has 1 atom stereocenters. The van der Waals surface area contributed by atoms with Crippen molar-refractivity contribution in [1.29, 1.82) is 0 Å². The molecule has 4 rings (SSSR count). The van der Waals surface area contributed by atoms with Crippen molar-refractivity contribution in [1.82, 2.24) is 19.6 Å². The van der Waals surface area contributed by atoms with Gasteiger partial charge in [0.15, 0.2) is 5.69 Å². The minimum Gasteiger partial charge on any atom is -0.501 e. The van der Waals surface area contributed by atoms with Gasteiger partial charge >= 0.3 is 0 Å². The molecule has 2 aromatic heterocycles. The Hall–Kier alpha value is -4.15. The number of hydrogen-bond donors (Lipinski definition) is 2. The van der Waals surface area contributed by atoms with Crippen molar-refractivity contribution < 1.29 is 24.0 Å². The number of nitrogens with one attached hydrogen (secondary N) is 1. The highest BCUT2D eigenvalue weighted by Crippen LogP contribution is 2.27. The normalized spacial score (nSPS) is 15.8. The van der Waals surface area contributed by atoms with E-state index < -0.39 is 22.9 Å². The lowest BCUT2D eigenvalue weighted by atomic mass is 9.96. The average Bonchev–Trinajstić information content (AvgIpc) is 3.35. The molecule has 11 heteroatoms. The van der Waals surface area contributed by atoms with Gasteiger partial charge in [0.05, 0.1) is 13.3 Å². The summed E-state index contributed by atoms with van der Waals surface area (Å²) in [6.45, 7) is 0.886. The quantitative estimate of drug-likeness (QED) is 0.596. The second-order valence-corrected chi connectivity index (χ2v) is 7.72. The second kappa shape index (κ2) is 9.15. The van der Waals surface area contributed by atoms with E-state index in [-0.39, 0.29) is 17.5 Å². The molecular weight excluding hydrogens is 430 g/mol. The molecule has 1 fully saturated rings. The van der Waals surface area contributed by atoms with Crippen LogP contribution in [0.1, 0.15) is 45.4 Å². The number of methoxy groups -OCH3 is 1. The summed E-state index contributed by atoms with van der Waals surface area (Å²) < 4.78 is 11.0. The van der Waals surface area contributed by atoms with Crippen molar-refractivity contribution >= 4 is 17.5 Å². The predicted molar refractivity (Wildman–Crippen MR) is 116 cm³/mol. The van der Waals surface area contributed by atoms with Gasteiger partial charge in [-0.25, -0.2) is 4.98 Å². The summed E-state index contributed by atoms with van der Waals surface area (Å²) in [5, 5.41) is 16.2. The van der Waals surface area contributed by atoms with Crippen LogP contribution in [0.3, 0.4) is 0 Å². The molecule has 2 N–H and O–H groups in total. The van der Waals surface area contributed by atoms with Gasteiger partial charge in [-0.2, -0.15) is 0 Å². The lowest BCUT2D eigenvalue weighted by Crippen LogP contribution is -2.41. The highest BCUT2D eigenvalue weighted by Gasteiger charge is 2.30. The van der Waals surface area contributed by atoms with Gasteiger partial charge < -0.3 is 24.6 Å². The van der Waals surface area contributed by atoms with Crippen LogP contribution in [0.2, 0.25) is 0 Å². The standard InChI is InChI=1S/C22H23N5O6/c1-26-19(25-17(18(28)22(26)31)20(29)24-15-10-23-33-12-15)14-4-3-9-27(11-14)21(30)13-5-7-16(32-2)8-6-13/h5-8,10,12,14,28H,3-4,9,11H2,1-2H3,(H,24,29). The van der Waals surface area contributed by atoms with Gasteiger partial charge in [0.1, 0.15) is 23.5 Å². The number of piperidine rings is 1. The first kappa shape index (κ1) is 22.1. The van der Waals surface area contributed by atoms with E-state index in [4.69, 9.17) is 4.74 Å². The van der Waals surface area contributed by atoms with E-state index in [0.717, 1.165) is 0 Å². The zero-order valence-corrected chi connectivity index (χ0v) is 18.1. The Morgan fingerprint density at radius 1 is 1.27 bits per heavy atom. The molecule has 1 saturated heterocycles. The molecule has 0 saturated carbocycles. The van der Waals surface area contributed by atoms with Crippen LogP contribution in [0.4, 0.5) is 5.69 Å². The molecule has 172 valence electrons. The molecule has 0 spiro atoms. The number of hydrogen-bond acceptors (Lipinski definition) is 8. The molecule has 2 amide bonds. The molecule has 1 unspecified atom stereocenters. The van der Waals surface area contributed by atoms with Crippen LogP contribution in [-0.2, 0) is 7.05 Å². The van der Waals surface area contributed by atoms with Crippen LogP contribution in [0.15, 0.2) is 46.0 Å². The zero-order valence-electron chi connectivity index (χ0n) is 18.1. The Kier molecular flexibility index (Phi) is 6.11. The van der Waals surface area contributed by atoms with Crippen molar-refractivity contribution in [3.63, 3.8) is 0 Å². The van der Waals surface area contributed by atoms with Gasteiger partial charge in [-0.3, -0.25) is 19.0 Å². The van der Waals surface area contributed by atoms with Gasteiger partial charge in [0.25, 0.3) is 17.4 Å². The number of benzene rings is 1. The van der Waals surface area contributed by atoms with Crippen LogP contribution in [-0.4, -0.2) is 56.7 Å². The Labute approximate surface area is 188 Å². The first-order valence-corrected chi connectivity index (χ1v) is 10.3. The Balaban J connectivity index is 1.59. The lowest BCUT2D eigenvalue weighted by molar-refractivity contribution is 0.0702. The SMILES string of the molecule is COc1ccc(C(=O)N2CCCC(c3nc(C(=O)Nc4cnoc4)c(O)c(=O)n3C)C2)cc1. The van der Waals surface area contributed by atoms with Crippen molar-refractivity contribution in [2.45, 2.75) is 18.8 Å². The third-order valence-corrected chi connectivity index (χ3v) is 5.62. The summed E-state index contributed by atoms with van der Waals surface area (Å²) in [5.74, 6) is -0.976. The molecule has 3 aromatic rings. The fraction of sp³-hybridized carbons (Fsp3) is 0.318. The maximum atomic E-state index is 13.0. The predicted octanol–water partition coefficient (Wildman–Crippen LogP) is 1.75. The Morgan fingerprint density at radius 2 is 2.03 bits per heavy atom. The Bertz CT molecular complexity index is 1220. The van der Waals surface area contributed by atoms with Gasteiger partial charge in [0.2, 0.25) is 5.75 Å². The first-order chi connectivity index (χ1) is 15.9. The number of rotatable bonds is 5. The summed E-state index contributed by atoms with van der Waals surface area (Å²) >= 11 is 0. The third-order valence-electron chi connectivity index (χ3n) is 5.62. The molecule has 0 radical (unpaired) electrons. The molecule has 33 heavy (non-hydrogen) atoms. The van der Waals surface area contributed by atoms with Gasteiger partial charge in [-0.1, -0.05) is 5.16 Å².